The first kappa shape index (κ1) is 21.1. The van der Waals surface area contributed by atoms with Crippen LogP contribution in [0.5, 0.6) is 0 Å². The molecule has 4 aliphatic carbocycles. The fraction of sp³-hybridized carbons (Fsp3) is 0.840. The van der Waals surface area contributed by atoms with Crippen LogP contribution in [0.15, 0.2) is 11.6 Å². The number of carbonyl (C=O) groups excluding carboxylic acids is 2. The quantitative estimate of drug-likeness (QED) is 0.520. The predicted octanol–water partition coefficient (Wildman–Crippen LogP) is 4.98. The van der Waals surface area contributed by atoms with E-state index in [9.17, 15) is 14.7 Å². The molecule has 3 fully saturated rings. The van der Waals surface area contributed by atoms with Crippen molar-refractivity contribution >= 4 is 11.8 Å². The number of allylic oxidation sites excluding steroid dienone is 1. The number of carbonyl (C=O) groups is 2. The third-order valence-electron chi connectivity index (χ3n) is 9.57. The summed E-state index contributed by atoms with van der Waals surface area (Å²) in [6.45, 7) is 6.97. The maximum atomic E-state index is 12.0. The highest BCUT2D eigenvalue weighted by Gasteiger charge is 2.63. The van der Waals surface area contributed by atoms with Gasteiger partial charge in [0.1, 0.15) is 0 Å². The molecular weight excluding hydrogens is 364 g/mol. The van der Waals surface area contributed by atoms with Crippen molar-refractivity contribution in [2.24, 2.45) is 28.6 Å². The minimum absolute atomic E-state index is 0.0367. The van der Waals surface area contributed by atoms with Gasteiger partial charge in [-0.25, -0.2) is 0 Å². The van der Waals surface area contributed by atoms with Crippen molar-refractivity contribution in [3.05, 3.63) is 11.6 Å². The molecule has 0 spiro atoms. The van der Waals surface area contributed by atoms with E-state index in [-0.39, 0.29) is 16.8 Å². The third kappa shape index (κ3) is 3.30. The smallest absolute Gasteiger partial charge is 0.305 e. The second kappa shape index (κ2) is 7.51. The topological polar surface area (TPSA) is 63.6 Å². The van der Waals surface area contributed by atoms with E-state index in [1.54, 1.807) is 0 Å². The Morgan fingerprint density at radius 2 is 1.90 bits per heavy atom. The van der Waals surface area contributed by atoms with Crippen LogP contribution in [0.25, 0.3) is 0 Å². The number of ketones is 1. The summed E-state index contributed by atoms with van der Waals surface area (Å²) < 4.78 is 5.25. The average molecular weight is 403 g/mol. The van der Waals surface area contributed by atoms with Gasteiger partial charge < -0.3 is 9.84 Å². The SMILES string of the molecule is CCC(=O)OCCC[C@]1(O)CC[C@H]2[C@@H]3CCC4=CC(=O)CC[C@]4(C)[C@H]3CC[C@@]21C. The van der Waals surface area contributed by atoms with E-state index in [0.29, 0.717) is 43.0 Å². The second-order valence-corrected chi connectivity index (χ2v) is 10.7. The van der Waals surface area contributed by atoms with Gasteiger partial charge in [-0.2, -0.15) is 0 Å². The maximum Gasteiger partial charge on any atom is 0.305 e. The summed E-state index contributed by atoms with van der Waals surface area (Å²) in [6.07, 6.45) is 12.0. The Balaban J connectivity index is 1.48. The van der Waals surface area contributed by atoms with Crippen molar-refractivity contribution in [1.29, 1.82) is 0 Å². The molecular formula is C25H38O4. The monoisotopic (exact) mass is 402 g/mol. The van der Waals surface area contributed by atoms with Crippen LogP contribution in [0.4, 0.5) is 0 Å². The van der Waals surface area contributed by atoms with Gasteiger partial charge in [0.05, 0.1) is 12.2 Å². The lowest BCUT2D eigenvalue weighted by atomic mass is 9.46. The van der Waals surface area contributed by atoms with Crippen LogP contribution in [0.1, 0.15) is 91.4 Å². The van der Waals surface area contributed by atoms with Crippen LogP contribution in [0.2, 0.25) is 0 Å². The maximum absolute atomic E-state index is 12.0. The molecule has 0 amide bonds. The first-order chi connectivity index (χ1) is 13.7. The van der Waals surface area contributed by atoms with Crippen molar-refractivity contribution < 1.29 is 19.4 Å². The van der Waals surface area contributed by atoms with Gasteiger partial charge in [-0.3, -0.25) is 9.59 Å². The summed E-state index contributed by atoms with van der Waals surface area (Å²) in [7, 11) is 0. The molecule has 0 aromatic heterocycles. The molecule has 0 aromatic rings. The molecule has 0 radical (unpaired) electrons. The van der Waals surface area contributed by atoms with E-state index in [1.165, 1.54) is 12.0 Å². The second-order valence-electron chi connectivity index (χ2n) is 10.7. The minimum Gasteiger partial charge on any atom is -0.466 e. The van der Waals surface area contributed by atoms with Crippen molar-refractivity contribution in [3.8, 4) is 0 Å². The Kier molecular flexibility index (Phi) is 5.46. The summed E-state index contributed by atoms with van der Waals surface area (Å²) in [5, 5.41) is 11.7. The molecule has 0 aliphatic heterocycles. The average Bonchev–Trinajstić information content (AvgIpc) is 2.97. The zero-order chi connectivity index (χ0) is 20.9. The summed E-state index contributed by atoms with van der Waals surface area (Å²) >= 11 is 0. The van der Waals surface area contributed by atoms with Crippen LogP contribution in [0.3, 0.4) is 0 Å². The van der Waals surface area contributed by atoms with Crippen molar-refractivity contribution in [3.63, 3.8) is 0 Å². The minimum atomic E-state index is -0.638. The van der Waals surface area contributed by atoms with E-state index >= 15 is 0 Å². The molecule has 0 bridgehead atoms. The van der Waals surface area contributed by atoms with Gasteiger partial charge in [-0.15, -0.1) is 0 Å². The molecule has 1 N–H and O–H groups in total. The zero-order valence-corrected chi connectivity index (χ0v) is 18.5. The lowest BCUT2D eigenvalue weighted by Crippen LogP contribution is -2.54. The Labute approximate surface area is 175 Å². The molecule has 0 saturated heterocycles. The molecule has 4 rings (SSSR count). The fourth-order valence-corrected chi connectivity index (χ4v) is 7.73. The fourth-order valence-electron chi connectivity index (χ4n) is 7.73. The molecule has 3 saturated carbocycles. The van der Waals surface area contributed by atoms with E-state index in [0.717, 1.165) is 51.4 Å². The van der Waals surface area contributed by atoms with Gasteiger partial charge in [0.15, 0.2) is 5.78 Å². The normalized spacial score (nSPS) is 43.8. The molecule has 4 aliphatic rings. The van der Waals surface area contributed by atoms with Crippen molar-refractivity contribution in [2.75, 3.05) is 6.61 Å². The zero-order valence-electron chi connectivity index (χ0n) is 18.5. The van der Waals surface area contributed by atoms with Gasteiger partial charge >= 0.3 is 5.97 Å². The lowest BCUT2D eigenvalue weighted by molar-refractivity contribution is -0.146. The number of rotatable bonds is 5. The number of ether oxygens (including phenoxy) is 1. The number of aliphatic hydroxyl groups is 1. The number of hydrogen-bond donors (Lipinski definition) is 1. The Bertz CT molecular complexity index is 712. The Morgan fingerprint density at radius 1 is 1.14 bits per heavy atom. The third-order valence-corrected chi connectivity index (χ3v) is 9.57. The summed E-state index contributed by atoms with van der Waals surface area (Å²) in [4.78, 5) is 23.4. The van der Waals surface area contributed by atoms with E-state index in [1.807, 2.05) is 13.0 Å². The molecule has 6 atom stereocenters. The van der Waals surface area contributed by atoms with Crippen LogP contribution < -0.4 is 0 Å². The predicted molar refractivity (Wildman–Crippen MR) is 112 cm³/mol. The van der Waals surface area contributed by atoms with Gasteiger partial charge in [-0.05, 0) is 92.4 Å². The van der Waals surface area contributed by atoms with Crippen molar-refractivity contribution in [1.82, 2.24) is 0 Å². The number of fused-ring (bicyclic) bond motifs is 5. The molecule has 162 valence electrons. The molecule has 4 heteroatoms. The van der Waals surface area contributed by atoms with Crippen LogP contribution >= 0.6 is 0 Å². The van der Waals surface area contributed by atoms with Crippen LogP contribution in [-0.4, -0.2) is 29.1 Å². The highest BCUT2D eigenvalue weighted by atomic mass is 16.5. The molecule has 29 heavy (non-hydrogen) atoms. The van der Waals surface area contributed by atoms with Crippen molar-refractivity contribution in [2.45, 2.75) is 97.0 Å². The van der Waals surface area contributed by atoms with E-state index < -0.39 is 5.60 Å². The van der Waals surface area contributed by atoms with Gasteiger partial charge in [0.2, 0.25) is 0 Å². The lowest BCUT2D eigenvalue weighted by Gasteiger charge is -2.59. The molecule has 0 unspecified atom stereocenters. The number of esters is 1. The first-order valence-corrected chi connectivity index (χ1v) is 11.9. The molecule has 4 nitrogen and oxygen atoms in total. The molecule has 0 aromatic carbocycles. The molecule has 0 heterocycles. The highest BCUT2D eigenvalue weighted by molar-refractivity contribution is 5.91. The highest BCUT2D eigenvalue weighted by Crippen LogP contribution is 2.68. The standard InChI is InChI=1S/C25H38O4/c1-4-22(27)29-15-5-11-25(28)14-10-21-19-7-6-17-16-18(26)8-12-23(17,2)20(19)9-13-24(21,25)3/h16,19-21,28H,4-15H2,1-3H3/t19-,20+,21+,23+,24+,25+/m1/s1. The Morgan fingerprint density at radius 3 is 2.66 bits per heavy atom. The van der Waals surface area contributed by atoms with Crippen LogP contribution in [-0.2, 0) is 14.3 Å². The van der Waals surface area contributed by atoms with E-state index in [4.69, 9.17) is 4.74 Å². The summed E-state index contributed by atoms with van der Waals surface area (Å²) in [5.74, 6) is 2.05. The van der Waals surface area contributed by atoms with Gasteiger partial charge in [0, 0.05) is 12.8 Å². The van der Waals surface area contributed by atoms with Gasteiger partial charge in [-0.1, -0.05) is 26.3 Å². The van der Waals surface area contributed by atoms with Crippen LogP contribution in [0, 0.1) is 28.6 Å². The van der Waals surface area contributed by atoms with Gasteiger partial charge in [0.25, 0.3) is 0 Å². The van der Waals surface area contributed by atoms with E-state index in [2.05, 4.69) is 13.8 Å². The largest absolute Gasteiger partial charge is 0.466 e. The summed E-state index contributed by atoms with van der Waals surface area (Å²) in [6, 6.07) is 0. The first-order valence-electron chi connectivity index (χ1n) is 11.9. The summed E-state index contributed by atoms with van der Waals surface area (Å²) in [5.41, 5.74) is 0.920. The Hall–Kier alpha value is -1.16. The number of hydrogen-bond acceptors (Lipinski definition) is 4.